The van der Waals surface area contributed by atoms with E-state index < -0.39 is 0 Å². The molecule has 0 saturated heterocycles. The number of anilines is 3. The van der Waals surface area contributed by atoms with Crippen LogP contribution < -0.4 is 16.4 Å². The van der Waals surface area contributed by atoms with E-state index in [1.54, 1.807) is 25.1 Å². The second-order valence-electron chi connectivity index (χ2n) is 5.34. The van der Waals surface area contributed by atoms with Crippen LogP contribution in [0, 0.1) is 0 Å². The van der Waals surface area contributed by atoms with Crippen LogP contribution in [0.4, 0.5) is 28.4 Å². The molecule has 2 rings (SSSR count). The molecule has 0 saturated carbocycles. The molecule has 0 unspecified atom stereocenters. The molecule has 2 aromatic carbocycles. The molecule has 9 heteroatoms. The number of nitrogens with zero attached hydrogens (tertiary/aromatic N) is 2. The number of halogens is 2. The van der Waals surface area contributed by atoms with Gasteiger partial charge in [-0.2, -0.15) is 5.11 Å². The van der Waals surface area contributed by atoms with Crippen molar-refractivity contribution in [3.63, 3.8) is 0 Å². The van der Waals surface area contributed by atoms with Gasteiger partial charge in [0.1, 0.15) is 5.69 Å². The minimum atomic E-state index is -0.290. The number of nitrogens with one attached hydrogen (secondary N) is 2. The first-order valence-electron chi connectivity index (χ1n) is 7.68. The lowest BCUT2D eigenvalue weighted by molar-refractivity contribution is -0.116. The van der Waals surface area contributed by atoms with E-state index in [0.717, 1.165) is 0 Å². The fourth-order valence-electron chi connectivity index (χ4n) is 2.00. The molecule has 0 bridgehead atoms. The highest BCUT2D eigenvalue weighted by Crippen LogP contribution is 2.36. The molecule has 2 amide bonds. The van der Waals surface area contributed by atoms with Crippen LogP contribution in [0.5, 0.6) is 0 Å². The average Bonchev–Trinajstić information content (AvgIpc) is 2.57. The van der Waals surface area contributed by atoms with Crippen LogP contribution in [0.15, 0.2) is 40.6 Å². The predicted octanol–water partition coefficient (Wildman–Crippen LogP) is 5.30. The zero-order valence-corrected chi connectivity index (χ0v) is 15.6. The maximum absolute atomic E-state index is 11.6. The van der Waals surface area contributed by atoms with Crippen molar-refractivity contribution in [3.05, 3.63) is 40.4 Å². The predicted molar refractivity (Wildman–Crippen MR) is 105 cm³/mol. The fraction of sp³-hybridized carbons (Fsp3) is 0.176. The van der Waals surface area contributed by atoms with Gasteiger partial charge in [-0.1, -0.05) is 30.1 Å². The molecule has 0 radical (unpaired) electrons. The van der Waals surface area contributed by atoms with Crippen LogP contribution in [0.3, 0.4) is 0 Å². The van der Waals surface area contributed by atoms with Crippen molar-refractivity contribution < 1.29 is 9.59 Å². The maximum Gasteiger partial charge on any atom is 0.224 e. The van der Waals surface area contributed by atoms with E-state index >= 15 is 0 Å². The largest absolute Gasteiger partial charge is 0.399 e. The topological polar surface area (TPSA) is 109 Å². The van der Waals surface area contributed by atoms with Crippen LogP contribution in [-0.4, -0.2) is 11.8 Å². The number of carbonyl (C=O) groups is 2. The summed E-state index contributed by atoms with van der Waals surface area (Å²) in [6.07, 6.45) is 0.321. The molecule has 0 heterocycles. The van der Waals surface area contributed by atoms with E-state index in [2.05, 4.69) is 20.9 Å². The molecule has 4 N–H and O–H groups in total. The third-order valence-electron chi connectivity index (χ3n) is 3.22. The zero-order chi connectivity index (χ0) is 19.3. The number of amides is 2. The minimum Gasteiger partial charge on any atom is -0.399 e. The SMILES string of the molecule is CCC(=O)Nc1cc(N)ccc1N=Nc1cc(Cl)c(NC(C)=O)c(Cl)c1. The Kier molecular flexibility index (Phi) is 6.54. The second kappa shape index (κ2) is 8.64. The number of azo groups is 1. The van der Waals surface area contributed by atoms with Crippen molar-refractivity contribution in [1.29, 1.82) is 0 Å². The van der Waals surface area contributed by atoms with Gasteiger partial charge in [0.2, 0.25) is 11.8 Å². The van der Waals surface area contributed by atoms with Gasteiger partial charge in [0, 0.05) is 19.0 Å². The Labute approximate surface area is 160 Å². The van der Waals surface area contributed by atoms with E-state index in [1.807, 2.05) is 0 Å². The summed E-state index contributed by atoms with van der Waals surface area (Å²) in [5.74, 6) is -0.459. The summed E-state index contributed by atoms with van der Waals surface area (Å²) in [4.78, 5) is 22.8. The molecule has 0 spiro atoms. The summed E-state index contributed by atoms with van der Waals surface area (Å²) < 4.78 is 0. The first-order chi connectivity index (χ1) is 12.3. The van der Waals surface area contributed by atoms with Gasteiger partial charge in [-0.15, -0.1) is 5.11 Å². The Hall–Kier alpha value is -2.64. The normalized spacial score (nSPS) is 10.8. The zero-order valence-electron chi connectivity index (χ0n) is 14.1. The van der Waals surface area contributed by atoms with Gasteiger partial charge in [-0.05, 0) is 30.3 Å². The molecule has 136 valence electrons. The number of hydrogen-bond acceptors (Lipinski definition) is 5. The lowest BCUT2D eigenvalue weighted by Gasteiger charge is -2.09. The van der Waals surface area contributed by atoms with Gasteiger partial charge in [0.25, 0.3) is 0 Å². The van der Waals surface area contributed by atoms with E-state index in [1.165, 1.54) is 19.1 Å². The van der Waals surface area contributed by atoms with Crippen molar-refractivity contribution in [2.24, 2.45) is 10.2 Å². The third kappa shape index (κ3) is 5.18. The van der Waals surface area contributed by atoms with Crippen molar-refractivity contribution in [3.8, 4) is 0 Å². The smallest absolute Gasteiger partial charge is 0.224 e. The molecule has 0 aliphatic rings. The van der Waals surface area contributed by atoms with Crippen LogP contribution in [0.1, 0.15) is 20.3 Å². The summed E-state index contributed by atoms with van der Waals surface area (Å²) in [5, 5.41) is 14.0. The van der Waals surface area contributed by atoms with Gasteiger partial charge in [0.05, 0.1) is 27.1 Å². The summed E-state index contributed by atoms with van der Waals surface area (Å²) >= 11 is 12.3. The first kappa shape index (κ1) is 19.7. The third-order valence-corrected chi connectivity index (χ3v) is 3.81. The minimum absolute atomic E-state index is 0.169. The molecule has 0 atom stereocenters. The van der Waals surface area contributed by atoms with Gasteiger partial charge in [-0.3, -0.25) is 9.59 Å². The highest BCUT2D eigenvalue weighted by atomic mass is 35.5. The Morgan fingerprint density at radius 2 is 1.73 bits per heavy atom. The molecular formula is C17H17Cl2N5O2. The van der Waals surface area contributed by atoms with E-state index in [-0.39, 0.29) is 21.9 Å². The monoisotopic (exact) mass is 393 g/mol. The Morgan fingerprint density at radius 1 is 1.08 bits per heavy atom. The van der Waals surface area contributed by atoms with Crippen molar-refractivity contribution >= 4 is 63.5 Å². The van der Waals surface area contributed by atoms with Gasteiger partial charge >= 0.3 is 0 Å². The summed E-state index contributed by atoms with van der Waals surface area (Å²) in [6.45, 7) is 3.09. The molecule has 0 aromatic heterocycles. The molecule has 7 nitrogen and oxygen atoms in total. The van der Waals surface area contributed by atoms with E-state index in [0.29, 0.717) is 34.9 Å². The Morgan fingerprint density at radius 3 is 2.31 bits per heavy atom. The second-order valence-corrected chi connectivity index (χ2v) is 6.16. The number of nitrogen functional groups attached to an aromatic ring is 1. The summed E-state index contributed by atoms with van der Waals surface area (Å²) in [5.41, 5.74) is 7.82. The standard InChI is InChI=1S/C17H17Cl2N5O2/c1-3-16(26)22-15-6-10(20)4-5-14(15)24-23-11-7-12(18)17(13(19)8-11)21-9(2)25/h4-8H,3,20H2,1-2H3,(H,21,25)(H,22,26). The van der Waals surface area contributed by atoms with Crippen molar-refractivity contribution in [2.45, 2.75) is 20.3 Å². The Balaban J connectivity index is 2.32. The molecular weight excluding hydrogens is 377 g/mol. The lowest BCUT2D eigenvalue weighted by Crippen LogP contribution is -2.09. The van der Waals surface area contributed by atoms with Crippen LogP contribution in [0.25, 0.3) is 0 Å². The summed E-state index contributed by atoms with van der Waals surface area (Å²) in [7, 11) is 0. The number of rotatable bonds is 5. The van der Waals surface area contributed by atoms with Crippen LogP contribution in [0.2, 0.25) is 10.0 Å². The first-order valence-corrected chi connectivity index (χ1v) is 8.43. The number of nitrogens with two attached hydrogens (primary N) is 1. The molecule has 26 heavy (non-hydrogen) atoms. The van der Waals surface area contributed by atoms with Crippen LogP contribution >= 0.6 is 23.2 Å². The average molecular weight is 394 g/mol. The van der Waals surface area contributed by atoms with E-state index in [9.17, 15) is 9.59 Å². The van der Waals surface area contributed by atoms with Crippen LogP contribution in [-0.2, 0) is 9.59 Å². The molecule has 0 fully saturated rings. The quantitative estimate of drug-likeness (QED) is 0.473. The lowest BCUT2D eigenvalue weighted by atomic mass is 10.2. The molecule has 2 aromatic rings. The fourth-order valence-corrected chi connectivity index (χ4v) is 2.57. The van der Waals surface area contributed by atoms with Gasteiger partial charge in [0.15, 0.2) is 0 Å². The molecule has 0 aliphatic carbocycles. The Bertz CT molecular complexity index is 860. The van der Waals surface area contributed by atoms with Gasteiger partial charge in [-0.25, -0.2) is 0 Å². The number of carbonyl (C=O) groups excluding carboxylic acids is 2. The summed E-state index contributed by atoms with van der Waals surface area (Å²) in [6, 6.07) is 7.92. The maximum atomic E-state index is 11.6. The highest BCUT2D eigenvalue weighted by Gasteiger charge is 2.10. The number of benzene rings is 2. The molecule has 0 aliphatic heterocycles. The van der Waals surface area contributed by atoms with E-state index in [4.69, 9.17) is 28.9 Å². The van der Waals surface area contributed by atoms with Crippen molar-refractivity contribution in [1.82, 2.24) is 0 Å². The highest BCUT2D eigenvalue weighted by molar-refractivity contribution is 6.40. The number of hydrogen-bond donors (Lipinski definition) is 3. The van der Waals surface area contributed by atoms with Gasteiger partial charge < -0.3 is 16.4 Å². The van der Waals surface area contributed by atoms with Crippen molar-refractivity contribution in [2.75, 3.05) is 16.4 Å².